The van der Waals surface area contributed by atoms with Crippen molar-refractivity contribution in [3.8, 4) is 0 Å². The normalized spacial score (nSPS) is 30.0. The van der Waals surface area contributed by atoms with Gasteiger partial charge in [0.25, 0.3) is 0 Å². The van der Waals surface area contributed by atoms with E-state index in [2.05, 4.69) is 17.1 Å². The van der Waals surface area contributed by atoms with Crippen LogP contribution in [-0.4, -0.2) is 43.8 Å². The molecule has 12 heavy (non-hydrogen) atoms. The minimum atomic E-state index is -0.237. The van der Waals surface area contributed by atoms with E-state index in [1.165, 1.54) is 12.8 Å². The summed E-state index contributed by atoms with van der Waals surface area (Å²) in [4.78, 5) is 2.05. The first-order valence-electron chi connectivity index (χ1n) is 4.73. The third-order valence-corrected chi connectivity index (χ3v) is 2.47. The number of hydrogen-bond donors (Lipinski definition) is 1. The Hall–Kier alpha value is -0.150. The molecule has 1 aliphatic rings. The molecule has 0 bridgehead atoms. The fourth-order valence-electron chi connectivity index (χ4n) is 1.78. The van der Waals surface area contributed by atoms with Crippen molar-refractivity contribution in [3.05, 3.63) is 0 Å². The lowest BCUT2D eigenvalue weighted by Crippen LogP contribution is -2.38. The Balaban J connectivity index is 2.14. The summed E-state index contributed by atoms with van der Waals surface area (Å²) < 4.78 is 11.9. The van der Waals surface area contributed by atoms with Gasteiger partial charge in [-0.05, 0) is 26.8 Å². The van der Waals surface area contributed by atoms with Crippen LogP contribution >= 0.6 is 0 Å². The SMILES string of the molecule is CC1CCC(CN(C)CCF)N1. The Morgan fingerprint density at radius 1 is 1.50 bits per heavy atom. The maximum absolute atomic E-state index is 11.9. The van der Waals surface area contributed by atoms with Crippen molar-refractivity contribution in [3.63, 3.8) is 0 Å². The molecule has 0 spiro atoms. The molecule has 0 aliphatic carbocycles. The maximum atomic E-state index is 11.9. The van der Waals surface area contributed by atoms with Crippen LogP contribution in [0.2, 0.25) is 0 Å². The van der Waals surface area contributed by atoms with Crippen molar-refractivity contribution in [1.82, 2.24) is 10.2 Å². The fraction of sp³-hybridized carbons (Fsp3) is 1.00. The summed E-state index contributed by atoms with van der Waals surface area (Å²) in [7, 11) is 1.98. The molecule has 2 unspecified atom stereocenters. The summed E-state index contributed by atoms with van der Waals surface area (Å²) in [6.07, 6.45) is 2.49. The summed E-state index contributed by atoms with van der Waals surface area (Å²) in [5.41, 5.74) is 0. The molecule has 0 saturated carbocycles. The van der Waals surface area contributed by atoms with Crippen molar-refractivity contribution in [2.24, 2.45) is 0 Å². The molecule has 1 N–H and O–H groups in total. The zero-order valence-electron chi connectivity index (χ0n) is 8.02. The molecule has 0 amide bonds. The molecule has 3 heteroatoms. The molecule has 0 aromatic heterocycles. The van der Waals surface area contributed by atoms with Gasteiger partial charge in [0.15, 0.2) is 0 Å². The maximum Gasteiger partial charge on any atom is 0.102 e. The Labute approximate surface area is 74.1 Å². The molecule has 2 atom stereocenters. The number of rotatable bonds is 4. The minimum Gasteiger partial charge on any atom is -0.310 e. The molecule has 0 aromatic carbocycles. The van der Waals surface area contributed by atoms with E-state index < -0.39 is 0 Å². The smallest absolute Gasteiger partial charge is 0.102 e. The standard InChI is InChI=1S/C9H19FN2/c1-8-3-4-9(11-8)7-12(2)6-5-10/h8-9,11H,3-7H2,1-2H3. The Bertz CT molecular complexity index is 130. The van der Waals surface area contributed by atoms with Gasteiger partial charge in [-0.25, -0.2) is 4.39 Å². The number of halogens is 1. The van der Waals surface area contributed by atoms with E-state index in [-0.39, 0.29) is 6.67 Å². The number of nitrogens with one attached hydrogen (secondary N) is 1. The van der Waals surface area contributed by atoms with Crippen LogP contribution in [0.1, 0.15) is 19.8 Å². The van der Waals surface area contributed by atoms with Gasteiger partial charge < -0.3 is 10.2 Å². The van der Waals surface area contributed by atoms with Gasteiger partial charge in [-0.2, -0.15) is 0 Å². The van der Waals surface area contributed by atoms with E-state index in [0.29, 0.717) is 18.6 Å². The molecule has 1 heterocycles. The predicted octanol–water partition coefficient (Wildman–Crippen LogP) is 1.03. The summed E-state index contributed by atoms with van der Waals surface area (Å²) >= 11 is 0. The van der Waals surface area contributed by atoms with Crippen LogP contribution < -0.4 is 5.32 Å². The Morgan fingerprint density at radius 2 is 2.25 bits per heavy atom. The quantitative estimate of drug-likeness (QED) is 0.684. The van der Waals surface area contributed by atoms with Crippen LogP contribution in [0, 0.1) is 0 Å². The van der Waals surface area contributed by atoms with Gasteiger partial charge in [0.1, 0.15) is 6.67 Å². The summed E-state index contributed by atoms with van der Waals surface area (Å²) in [6, 6.07) is 1.23. The van der Waals surface area contributed by atoms with Crippen LogP contribution in [0.25, 0.3) is 0 Å². The highest BCUT2D eigenvalue weighted by Crippen LogP contribution is 2.11. The summed E-state index contributed by atoms with van der Waals surface area (Å²) in [5, 5.41) is 3.48. The summed E-state index contributed by atoms with van der Waals surface area (Å²) in [6.45, 7) is 3.51. The predicted molar refractivity (Wildman–Crippen MR) is 49.1 cm³/mol. The third kappa shape index (κ3) is 3.07. The number of nitrogens with zero attached hydrogens (tertiary/aromatic N) is 1. The van der Waals surface area contributed by atoms with Crippen molar-refractivity contribution < 1.29 is 4.39 Å². The third-order valence-electron chi connectivity index (χ3n) is 2.47. The van der Waals surface area contributed by atoms with Crippen molar-refractivity contribution in [1.29, 1.82) is 0 Å². The zero-order valence-corrected chi connectivity index (χ0v) is 8.02. The van der Waals surface area contributed by atoms with Crippen LogP contribution in [0.15, 0.2) is 0 Å². The summed E-state index contributed by atoms with van der Waals surface area (Å²) in [5.74, 6) is 0. The van der Waals surface area contributed by atoms with E-state index in [0.717, 1.165) is 6.54 Å². The molecule has 72 valence electrons. The van der Waals surface area contributed by atoms with Gasteiger partial charge >= 0.3 is 0 Å². The molecule has 1 rings (SSSR count). The van der Waals surface area contributed by atoms with Crippen LogP contribution in [-0.2, 0) is 0 Å². The van der Waals surface area contributed by atoms with Gasteiger partial charge in [-0.3, -0.25) is 0 Å². The molecule has 1 aliphatic heterocycles. The van der Waals surface area contributed by atoms with E-state index in [1.54, 1.807) is 0 Å². The molecular weight excluding hydrogens is 155 g/mol. The van der Waals surface area contributed by atoms with Crippen LogP contribution in [0.4, 0.5) is 4.39 Å². The van der Waals surface area contributed by atoms with Gasteiger partial charge in [0.05, 0.1) is 0 Å². The molecule has 2 nitrogen and oxygen atoms in total. The lowest BCUT2D eigenvalue weighted by Gasteiger charge is -2.20. The second-order valence-corrected chi connectivity index (χ2v) is 3.79. The average molecular weight is 174 g/mol. The number of alkyl halides is 1. The van der Waals surface area contributed by atoms with Gasteiger partial charge in [-0.15, -0.1) is 0 Å². The Morgan fingerprint density at radius 3 is 2.75 bits per heavy atom. The minimum absolute atomic E-state index is 0.237. The molecule has 0 radical (unpaired) electrons. The molecular formula is C9H19FN2. The average Bonchev–Trinajstić information content (AvgIpc) is 2.36. The van der Waals surface area contributed by atoms with E-state index in [1.807, 2.05) is 7.05 Å². The van der Waals surface area contributed by atoms with E-state index >= 15 is 0 Å². The Kier molecular flexibility index (Phi) is 3.95. The molecule has 1 fully saturated rings. The highest BCUT2D eigenvalue weighted by atomic mass is 19.1. The zero-order chi connectivity index (χ0) is 8.97. The van der Waals surface area contributed by atoms with Crippen molar-refractivity contribution >= 4 is 0 Å². The van der Waals surface area contributed by atoms with E-state index in [9.17, 15) is 4.39 Å². The van der Waals surface area contributed by atoms with E-state index in [4.69, 9.17) is 0 Å². The monoisotopic (exact) mass is 174 g/mol. The molecule has 0 aromatic rings. The lowest BCUT2D eigenvalue weighted by atomic mass is 10.2. The second-order valence-electron chi connectivity index (χ2n) is 3.79. The van der Waals surface area contributed by atoms with Gasteiger partial charge in [0.2, 0.25) is 0 Å². The van der Waals surface area contributed by atoms with Gasteiger partial charge in [0, 0.05) is 25.2 Å². The fourth-order valence-corrected chi connectivity index (χ4v) is 1.78. The molecule has 1 saturated heterocycles. The van der Waals surface area contributed by atoms with Crippen molar-refractivity contribution in [2.45, 2.75) is 31.8 Å². The second kappa shape index (κ2) is 4.77. The van der Waals surface area contributed by atoms with Crippen molar-refractivity contribution in [2.75, 3.05) is 26.8 Å². The first-order chi connectivity index (χ1) is 5.72. The van der Waals surface area contributed by atoms with Crippen LogP contribution in [0.5, 0.6) is 0 Å². The van der Waals surface area contributed by atoms with Gasteiger partial charge in [-0.1, -0.05) is 0 Å². The number of hydrogen-bond acceptors (Lipinski definition) is 2. The highest BCUT2D eigenvalue weighted by Gasteiger charge is 2.20. The first-order valence-corrected chi connectivity index (χ1v) is 4.73. The van der Waals surface area contributed by atoms with Crippen LogP contribution in [0.3, 0.4) is 0 Å². The highest BCUT2D eigenvalue weighted by molar-refractivity contribution is 4.82. The topological polar surface area (TPSA) is 15.3 Å². The first kappa shape index (κ1) is 9.93. The number of likely N-dealkylation sites (N-methyl/N-ethyl adjacent to an activating group) is 1. The lowest BCUT2D eigenvalue weighted by molar-refractivity contribution is 0.270. The largest absolute Gasteiger partial charge is 0.310 e.